The molecule has 140 valence electrons. The zero-order valence-corrected chi connectivity index (χ0v) is 16.8. The zero-order chi connectivity index (χ0) is 19.1. The summed E-state index contributed by atoms with van der Waals surface area (Å²) in [5.74, 6) is 1.55. The highest BCUT2D eigenvalue weighted by molar-refractivity contribution is 7.98. The molecule has 0 aliphatic rings. The molecule has 1 aromatic carbocycles. The van der Waals surface area contributed by atoms with Gasteiger partial charge in [0.15, 0.2) is 5.16 Å². The number of ether oxygens (including phenoxy) is 1. The van der Waals surface area contributed by atoms with Crippen LogP contribution in [-0.4, -0.2) is 50.2 Å². The third-order valence-electron chi connectivity index (χ3n) is 3.92. The minimum absolute atomic E-state index is 0.0915. The van der Waals surface area contributed by atoms with Crippen molar-refractivity contribution in [1.29, 1.82) is 0 Å². The Bertz CT molecular complexity index is 765. The molecule has 0 bridgehead atoms. The molecule has 1 heterocycles. The van der Waals surface area contributed by atoms with Crippen LogP contribution in [0.5, 0.6) is 0 Å². The molecule has 1 N–H and O–H groups in total. The molecule has 6 nitrogen and oxygen atoms in total. The van der Waals surface area contributed by atoms with Crippen LogP contribution in [-0.2, 0) is 10.5 Å². The van der Waals surface area contributed by atoms with E-state index in [4.69, 9.17) is 4.74 Å². The fraction of sp³-hybridized carbons (Fsp3) is 0.421. The van der Waals surface area contributed by atoms with Crippen LogP contribution < -0.4 is 10.2 Å². The van der Waals surface area contributed by atoms with Gasteiger partial charge in [-0.3, -0.25) is 4.79 Å². The maximum absolute atomic E-state index is 12.1. The number of methoxy groups -OCH3 is 1. The number of rotatable bonds is 8. The second-order valence-corrected chi connectivity index (χ2v) is 7.11. The molecule has 0 saturated heterocycles. The Morgan fingerprint density at radius 2 is 2.04 bits per heavy atom. The molecule has 0 fully saturated rings. The van der Waals surface area contributed by atoms with Gasteiger partial charge in [-0.2, -0.15) is 0 Å². The number of thioether (sulfide) groups is 1. The predicted molar refractivity (Wildman–Crippen MR) is 106 cm³/mol. The van der Waals surface area contributed by atoms with Gasteiger partial charge in [-0.05, 0) is 31.5 Å². The highest BCUT2D eigenvalue weighted by Crippen LogP contribution is 2.25. The van der Waals surface area contributed by atoms with E-state index in [1.807, 2.05) is 57.1 Å². The number of carbonyl (C=O) groups is 1. The van der Waals surface area contributed by atoms with E-state index in [0.717, 1.165) is 27.8 Å². The number of nitrogens with one attached hydrogen (secondary N) is 1. The third-order valence-corrected chi connectivity index (χ3v) is 4.83. The smallest absolute Gasteiger partial charge is 0.251 e. The first kappa shape index (κ1) is 20.2. The van der Waals surface area contributed by atoms with Crippen LogP contribution in [0.4, 0.5) is 5.82 Å². The van der Waals surface area contributed by atoms with Crippen LogP contribution in [0.2, 0.25) is 0 Å². The van der Waals surface area contributed by atoms with Crippen LogP contribution in [0.3, 0.4) is 0 Å². The van der Waals surface area contributed by atoms with E-state index in [1.165, 1.54) is 0 Å². The van der Waals surface area contributed by atoms with Gasteiger partial charge in [0.25, 0.3) is 5.91 Å². The number of benzene rings is 1. The quantitative estimate of drug-likeness (QED) is 0.435. The molecule has 0 unspecified atom stereocenters. The van der Waals surface area contributed by atoms with Crippen LogP contribution in [0.25, 0.3) is 0 Å². The minimum Gasteiger partial charge on any atom is -0.383 e. The van der Waals surface area contributed by atoms with Crippen molar-refractivity contribution in [3.63, 3.8) is 0 Å². The molecule has 0 aliphatic heterocycles. The van der Waals surface area contributed by atoms with Crippen molar-refractivity contribution in [3.05, 3.63) is 46.6 Å². The van der Waals surface area contributed by atoms with Gasteiger partial charge >= 0.3 is 0 Å². The fourth-order valence-corrected chi connectivity index (χ4v) is 3.24. The van der Waals surface area contributed by atoms with Crippen LogP contribution in [0.1, 0.15) is 27.2 Å². The van der Waals surface area contributed by atoms with Crippen molar-refractivity contribution in [2.24, 2.45) is 0 Å². The summed E-state index contributed by atoms with van der Waals surface area (Å²) < 4.78 is 4.95. The molecule has 0 aliphatic carbocycles. The number of aromatic nitrogens is 2. The highest BCUT2D eigenvalue weighted by Gasteiger charge is 2.11. The first-order valence-electron chi connectivity index (χ1n) is 8.43. The molecule has 0 spiro atoms. The molecule has 0 atom stereocenters. The monoisotopic (exact) mass is 374 g/mol. The molecule has 7 heteroatoms. The first-order chi connectivity index (χ1) is 12.4. The molecule has 0 saturated carbocycles. The molecule has 1 aromatic heterocycles. The van der Waals surface area contributed by atoms with E-state index < -0.39 is 0 Å². The number of hydrogen-bond acceptors (Lipinski definition) is 6. The summed E-state index contributed by atoms with van der Waals surface area (Å²) in [5, 5.41) is 3.58. The average molecular weight is 375 g/mol. The van der Waals surface area contributed by atoms with Crippen molar-refractivity contribution < 1.29 is 9.53 Å². The van der Waals surface area contributed by atoms with E-state index in [0.29, 0.717) is 24.5 Å². The topological polar surface area (TPSA) is 67.3 Å². The van der Waals surface area contributed by atoms with Crippen molar-refractivity contribution in [2.75, 3.05) is 39.3 Å². The van der Waals surface area contributed by atoms with Gasteiger partial charge in [-0.1, -0.05) is 23.9 Å². The lowest BCUT2D eigenvalue weighted by Gasteiger charge is -2.16. The summed E-state index contributed by atoms with van der Waals surface area (Å²) in [6.45, 7) is 5.03. The molecule has 0 radical (unpaired) electrons. The Balaban J connectivity index is 2.06. The summed E-state index contributed by atoms with van der Waals surface area (Å²) in [4.78, 5) is 23.4. The lowest BCUT2D eigenvalue weighted by molar-refractivity contribution is 0.0937. The number of aryl methyl sites for hydroxylation is 1. The van der Waals surface area contributed by atoms with E-state index in [-0.39, 0.29) is 5.91 Å². The highest BCUT2D eigenvalue weighted by atomic mass is 32.2. The van der Waals surface area contributed by atoms with Gasteiger partial charge in [-0.15, -0.1) is 0 Å². The fourth-order valence-electron chi connectivity index (χ4n) is 2.41. The number of anilines is 1. The standard InChI is InChI=1S/C19H26N4O2S/c1-13-14(2)21-19(22-17(13)23(3)4)26-12-15-7-6-8-16(11-15)18(24)20-9-10-25-5/h6-8,11H,9-10,12H2,1-5H3,(H,20,24). The molecule has 2 aromatic rings. The lowest BCUT2D eigenvalue weighted by Crippen LogP contribution is -2.26. The van der Waals surface area contributed by atoms with Crippen molar-refractivity contribution in [2.45, 2.75) is 24.8 Å². The number of hydrogen-bond donors (Lipinski definition) is 1. The van der Waals surface area contributed by atoms with E-state index >= 15 is 0 Å². The maximum Gasteiger partial charge on any atom is 0.251 e. The normalized spacial score (nSPS) is 10.7. The summed E-state index contributed by atoms with van der Waals surface area (Å²) >= 11 is 1.57. The Morgan fingerprint density at radius 3 is 2.73 bits per heavy atom. The van der Waals surface area contributed by atoms with Gasteiger partial charge in [0, 0.05) is 50.3 Å². The Kier molecular flexibility index (Phi) is 7.41. The SMILES string of the molecule is COCCNC(=O)c1cccc(CSc2nc(C)c(C)c(N(C)C)n2)c1. The second-order valence-electron chi connectivity index (χ2n) is 6.17. The van der Waals surface area contributed by atoms with Gasteiger partial charge in [0.1, 0.15) is 5.82 Å². The maximum atomic E-state index is 12.1. The third kappa shape index (κ3) is 5.44. The van der Waals surface area contributed by atoms with Crippen LogP contribution >= 0.6 is 11.8 Å². The van der Waals surface area contributed by atoms with Crippen molar-refractivity contribution in [3.8, 4) is 0 Å². The Hall–Kier alpha value is -2.12. The Labute approximate surface area is 159 Å². The van der Waals surface area contributed by atoms with E-state index in [9.17, 15) is 4.79 Å². The summed E-state index contributed by atoms with van der Waals surface area (Å²) in [5.41, 5.74) is 3.78. The second kappa shape index (κ2) is 9.54. The Morgan fingerprint density at radius 1 is 1.27 bits per heavy atom. The molecule has 26 heavy (non-hydrogen) atoms. The van der Waals surface area contributed by atoms with E-state index in [2.05, 4.69) is 15.3 Å². The van der Waals surface area contributed by atoms with Crippen molar-refractivity contribution in [1.82, 2.24) is 15.3 Å². The minimum atomic E-state index is -0.0915. The summed E-state index contributed by atoms with van der Waals surface area (Å²) in [6, 6.07) is 7.62. The first-order valence-corrected chi connectivity index (χ1v) is 9.42. The summed E-state index contributed by atoms with van der Waals surface area (Å²) in [6.07, 6.45) is 0. The van der Waals surface area contributed by atoms with Gasteiger partial charge in [0.2, 0.25) is 0 Å². The number of amides is 1. The van der Waals surface area contributed by atoms with Crippen LogP contribution in [0.15, 0.2) is 29.4 Å². The van der Waals surface area contributed by atoms with Gasteiger partial charge in [-0.25, -0.2) is 9.97 Å². The molecule has 1 amide bonds. The lowest BCUT2D eigenvalue weighted by atomic mass is 10.1. The van der Waals surface area contributed by atoms with Crippen LogP contribution in [0, 0.1) is 13.8 Å². The summed E-state index contributed by atoms with van der Waals surface area (Å²) in [7, 11) is 5.57. The number of carbonyl (C=O) groups excluding carboxylic acids is 1. The van der Waals surface area contributed by atoms with Crippen molar-refractivity contribution >= 4 is 23.5 Å². The molecule has 2 rings (SSSR count). The molecular formula is C19H26N4O2S. The molecular weight excluding hydrogens is 348 g/mol. The zero-order valence-electron chi connectivity index (χ0n) is 16.0. The van der Waals surface area contributed by atoms with E-state index in [1.54, 1.807) is 18.9 Å². The largest absolute Gasteiger partial charge is 0.383 e. The number of nitrogens with zero attached hydrogens (tertiary/aromatic N) is 3. The van der Waals surface area contributed by atoms with Gasteiger partial charge in [0.05, 0.1) is 6.61 Å². The van der Waals surface area contributed by atoms with Gasteiger partial charge < -0.3 is 15.0 Å². The average Bonchev–Trinajstić information content (AvgIpc) is 2.62. The predicted octanol–water partition coefficient (Wildman–Crippen LogP) is 2.83.